The first-order valence-corrected chi connectivity index (χ1v) is 12.8. The maximum Gasteiger partial charge on any atom is 0.423 e. The molecule has 1 saturated heterocycles. The molecule has 0 saturated carbocycles. The van der Waals surface area contributed by atoms with Gasteiger partial charge >= 0.3 is 12.4 Å². The quantitative estimate of drug-likeness (QED) is 0.220. The van der Waals surface area contributed by atoms with E-state index in [1.54, 1.807) is 5.10 Å². The van der Waals surface area contributed by atoms with Crippen molar-refractivity contribution in [2.75, 3.05) is 49.7 Å². The third-order valence-electron chi connectivity index (χ3n) is 6.84. The molecule has 2 aromatic rings. The number of nitrogens with zero attached hydrogens (tertiary/aromatic N) is 6. The molecule has 4 rings (SSSR count). The topological polar surface area (TPSA) is 124 Å². The van der Waals surface area contributed by atoms with E-state index in [-0.39, 0.29) is 62.0 Å². The Bertz CT molecular complexity index is 1500. The van der Waals surface area contributed by atoms with Crippen LogP contribution in [0.15, 0.2) is 22.2 Å². The van der Waals surface area contributed by atoms with Crippen LogP contribution in [0.25, 0.3) is 0 Å². The van der Waals surface area contributed by atoms with Crippen molar-refractivity contribution >= 4 is 47.3 Å². The van der Waals surface area contributed by atoms with E-state index in [0.717, 1.165) is 11.1 Å². The number of ether oxygens (including phenoxy) is 1. The van der Waals surface area contributed by atoms with Crippen LogP contribution in [0.2, 0.25) is 0 Å². The van der Waals surface area contributed by atoms with Gasteiger partial charge in [-0.15, -0.1) is 12.6 Å². The van der Waals surface area contributed by atoms with Gasteiger partial charge in [-0.1, -0.05) is 0 Å². The summed E-state index contributed by atoms with van der Waals surface area (Å²) in [7, 11) is 1.32. The van der Waals surface area contributed by atoms with Crippen molar-refractivity contribution in [1.29, 1.82) is 0 Å². The van der Waals surface area contributed by atoms with Gasteiger partial charge < -0.3 is 19.4 Å². The van der Waals surface area contributed by atoms with Crippen molar-refractivity contribution in [1.82, 2.24) is 20.1 Å². The standard InChI is InChI=1S/C24H25F6N7O4S/c1-12(33-15-9-32-34-20(39)17(15)24(28,29)30)10-41-7-4-16(38)36-5-6-37-19-18(35(3)21(40)22(37,42)11-36)13(2)14(8-31-19)23(25,26)27/h8-9,42H,4-7,10-11H2,1-3H3,(H,34,39)/t22-/m0/s1. The van der Waals surface area contributed by atoms with E-state index < -0.39 is 51.4 Å². The van der Waals surface area contributed by atoms with Crippen LogP contribution in [-0.4, -0.2) is 82.4 Å². The molecular weight excluding hydrogens is 596 g/mol. The molecule has 2 aliphatic rings. The van der Waals surface area contributed by atoms with Gasteiger partial charge in [0, 0.05) is 32.0 Å². The molecule has 11 nitrogen and oxygen atoms in total. The first-order chi connectivity index (χ1) is 19.5. The average Bonchev–Trinajstić information content (AvgIpc) is 2.88. The fourth-order valence-corrected chi connectivity index (χ4v) is 5.39. The fraction of sp³-hybridized carbons (Fsp3) is 0.500. The van der Waals surface area contributed by atoms with Crippen molar-refractivity contribution in [3.63, 3.8) is 0 Å². The summed E-state index contributed by atoms with van der Waals surface area (Å²) in [6.07, 6.45) is -8.28. The lowest BCUT2D eigenvalue weighted by Crippen LogP contribution is -2.69. The van der Waals surface area contributed by atoms with E-state index in [1.165, 1.54) is 30.7 Å². The highest BCUT2D eigenvalue weighted by Crippen LogP contribution is 2.46. The summed E-state index contributed by atoms with van der Waals surface area (Å²) in [6.45, 7) is 2.26. The number of fused-ring (bicyclic) bond motifs is 3. The summed E-state index contributed by atoms with van der Waals surface area (Å²) in [5, 5.41) is 5.05. The maximum atomic E-state index is 13.4. The fourth-order valence-electron chi connectivity index (χ4n) is 4.87. The highest BCUT2D eigenvalue weighted by molar-refractivity contribution is 7.83. The lowest BCUT2D eigenvalue weighted by molar-refractivity contribution is -0.139. The van der Waals surface area contributed by atoms with E-state index in [2.05, 4.69) is 27.7 Å². The molecule has 0 aromatic carbocycles. The van der Waals surface area contributed by atoms with Gasteiger partial charge in [-0.25, -0.2) is 10.1 Å². The number of piperazine rings is 1. The first-order valence-electron chi connectivity index (χ1n) is 12.4. The minimum atomic E-state index is -4.95. The Morgan fingerprint density at radius 2 is 1.86 bits per heavy atom. The minimum Gasteiger partial charge on any atom is -0.375 e. The molecule has 228 valence electrons. The predicted molar refractivity (Wildman–Crippen MR) is 141 cm³/mol. The normalized spacial score (nSPS) is 19.6. The number of carbonyl (C=O) groups is 2. The number of amides is 2. The molecule has 0 unspecified atom stereocenters. The van der Waals surface area contributed by atoms with Crippen LogP contribution in [-0.2, 0) is 26.7 Å². The Morgan fingerprint density at radius 1 is 1.17 bits per heavy atom. The Hall–Kier alpha value is -3.67. The van der Waals surface area contributed by atoms with Crippen molar-refractivity contribution in [3.8, 4) is 0 Å². The van der Waals surface area contributed by atoms with E-state index in [4.69, 9.17) is 4.74 Å². The smallest absolute Gasteiger partial charge is 0.375 e. The number of anilines is 2. The number of halogens is 6. The minimum absolute atomic E-state index is 0.0166. The van der Waals surface area contributed by atoms with Crippen molar-refractivity contribution < 1.29 is 40.7 Å². The highest BCUT2D eigenvalue weighted by Gasteiger charge is 2.53. The number of nitrogens with one attached hydrogen (secondary N) is 1. The van der Waals surface area contributed by atoms with Crippen LogP contribution in [0, 0.1) is 6.92 Å². The third-order valence-corrected chi connectivity index (χ3v) is 7.41. The van der Waals surface area contributed by atoms with Gasteiger partial charge in [-0.3, -0.25) is 19.4 Å². The summed E-state index contributed by atoms with van der Waals surface area (Å²) in [6, 6.07) is 0. The molecular formula is C24H25F6N7O4S. The van der Waals surface area contributed by atoms with E-state index in [1.807, 2.05) is 0 Å². The Kier molecular flexibility index (Phi) is 8.34. The zero-order valence-electron chi connectivity index (χ0n) is 22.4. The molecule has 1 atom stereocenters. The number of alkyl halides is 6. The van der Waals surface area contributed by atoms with E-state index >= 15 is 0 Å². The van der Waals surface area contributed by atoms with Gasteiger partial charge in [0.25, 0.3) is 11.5 Å². The maximum absolute atomic E-state index is 13.4. The van der Waals surface area contributed by atoms with Crippen molar-refractivity contribution in [2.45, 2.75) is 37.5 Å². The van der Waals surface area contributed by atoms with Crippen LogP contribution >= 0.6 is 12.6 Å². The van der Waals surface area contributed by atoms with Crippen molar-refractivity contribution in [2.24, 2.45) is 4.99 Å². The zero-order valence-corrected chi connectivity index (χ0v) is 23.3. The van der Waals surface area contributed by atoms with Gasteiger partial charge in [0.05, 0.1) is 43.6 Å². The van der Waals surface area contributed by atoms with Gasteiger partial charge in [0.2, 0.25) is 5.91 Å². The number of thiol groups is 1. The number of aromatic amines is 1. The van der Waals surface area contributed by atoms with E-state index in [9.17, 15) is 40.7 Å². The molecule has 0 spiro atoms. The largest absolute Gasteiger partial charge is 0.423 e. The number of aliphatic imine (C=N–C) groups is 1. The molecule has 2 aliphatic heterocycles. The lowest BCUT2D eigenvalue weighted by Gasteiger charge is -2.52. The van der Waals surface area contributed by atoms with Crippen LogP contribution in [0.4, 0.5) is 43.5 Å². The first kappa shape index (κ1) is 31.3. The lowest BCUT2D eigenvalue weighted by atomic mass is 10.0. The second-order valence-electron chi connectivity index (χ2n) is 9.72. The van der Waals surface area contributed by atoms with Gasteiger partial charge in [-0.2, -0.15) is 31.4 Å². The Morgan fingerprint density at radius 3 is 2.50 bits per heavy atom. The SMILES string of the molecule is CC(COCCC(=O)N1CCN2c3ncc(C(F)(F)F)c(C)c3N(C)C(=O)[C@@]2(S)C1)=Nc1cn[nH]c(=O)c1C(F)(F)F. The molecule has 0 bridgehead atoms. The summed E-state index contributed by atoms with van der Waals surface area (Å²) in [4.78, 5) is 47.9. The van der Waals surface area contributed by atoms with Gasteiger partial charge in [-0.05, 0) is 19.4 Å². The second kappa shape index (κ2) is 11.2. The molecule has 2 amide bonds. The molecule has 0 aliphatic carbocycles. The molecule has 42 heavy (non-hydrogen) atoms. The van der Waals surface area contributed by atoms with Gasteiger partial charge in [0.1, 0.15) is 11.3 Å². The summed E-state index contributed by atoms with van der Waals surface area (Å²) < 4.78 is 85.3. The number of pyridine rings is 1. The van der Waals surface area contributed by atoms with Crippen molar-refractivity contribution in [3.05, 3.63) is 39.4 Å². The number of rotatable bonds is 6. The number of H-pyrrole nitrogens is 1. The number of carbonyl (C=O) groups excluding carboxylic acids is 2. The average molecular weight is 622 g/mol. The Labute approximate surface area is 239 Å². The highest BCUT2D eigenvalue weighted by atomic mass is 32.1. The molecule has 2 aromatic heterocycles. The molecule has 1 N–H and O–H groups in total. The van der Waals surface area contributed by atoms with Crippen LogP contribution < -0.4 is 15.4 Å². The molecule has 4 heterocycles. The summed E-state index contributed by atoms with van der Waals surface area (Å²) in [5.74, 6) is -0.892. The summed E-state index contributed by atoms with van der Waals surface area (Å²) >= 11 is 4.57. The Balaban J connectivity index is 1.40. The van der Waals surface area contributed by atoms with Gasteiger partial charge in [0.15, 0.2) is 10.7 Å². The molecule has 0 radical (unpaired) electrons. The number of hydrogen-bond acceptors (Lipinski definition) is 9. The van der Waals surface area contributed by atoms with Crippen LogP contribution in [0.3, 0.4) is 0 Å². The summed E-state index contributed by atoms with van der Waals surface area (Å²) in [5.41, 5.74) is -4.62. The van der Waals surface area contributed by atoms with E-state index in [0.29, 0.717) is 6.20 Å². The number of aromatic nitrogens is 3. The molecule has 1 fully saturated rings. The second-order valence-corrected chi connectivity index (χ2v) is 10.5. The van der Waals surface area contributed by atoms with Crippen LogP contribution in [0.1, 0.15) is 30.0 Å². The van der Waals surface area contributed by atoms with Crippen LogP contribution in [0.5, 0.6) is 0 Å². The predicted octanol–water partition coefficient (Wildman–Crippen LogP) is 2.96. The zero-order chi connectivity index (χ0) is 31.2. The number of hydrogen-bond donors (Lipinski definition) is 2. The number of likely N-dealkylation sites (N-methyl/N-ethyl adjacent to an activating group) is 1. The molecule has 18 heteroatoms. The monoisotopic (exact) mass is 621 g/mol. The third kappa shape index (κ3) is 5.81.